The van der Waals surface area contributed by atoms with E-state index in [4.69, 9.17) is 17.3 Å². The molecule has 23 heavy (non-hydrogen) atoms. The standard InChI is InChI=1S/C16H19ClN4O.ClH/c17-11-3-1-2-10(8-11)15-14(9-19-21-15)16(22)20-13-6-4-12(18)5-7-13;/h1-3,8-9,12-13H,4-7,18H2,(H,19,21)(H,20,22);1H. The summed E-state index contributed by atoms with van der Waals surface area (Å²) >= 11 is 6.02. The Kier molecular flexibility index (Phi) is 6.04. The van der Waals surface area contributed by atoms with Gasteiger partial charge in [-0.3, -0.25) is 9.89 Å². The van der Waals surface area contributed by atoms with Crippen molar-refractivity contribution in [3.05, 3.63) is 41.0 Å². The van der Waals surface area contributed by atoms with E-state index in [0.29, 0.717) is 16.3 Å². The number of aromatic amines is 1. The maximum absolute atomic E-state index is 12.5. The summed E-state index contributed by atoms with van der Waals surface area (Å²) in [6.07, 6.45) is 5.32. The maximum Gasteiger partial charge on any atom is 0.255 e. The molecule has 1 aromatic heterocycles. The molecule has 1 amide bonds. The summed E-state index contributed by atoms with van der Waals surface area (Å²) in [4.78, 5) is 12.5. The highest BCUT2D eigenvalue weighted by Gasteiger charge is 2.22. The third-order valence-corrected chi connectivity index (χ3v) is 4.34. The quantitative estimate of drug-likeness (QED) is 0.791. The highest BCUT2D eigenvalue weighted by atomic mass is 35.5. The molecule has 0 saturated heterocycles. The molecule has 0 atom stereocenters. The van der Waals surface area contributed by atoms with Crippen LogP contribution in [0.5, 0.6) is 0 Å². The number of nitrogens with zero attached hydrogens (tertiary/aromatic N) is 1. The second kappa shape index (κ2) is 7.81. The minimum Gasteiger partial charge on any atom is -0.349 e. The molecule has 0 spiro atoms. The van der Waals surface area contributed by atoms with Crippen LogP contribution in [-0.4, -0.2) is 28.2 Å². The van der Waals surface area contributed by atoms with Gasteiger partial charge in [0.05, 0.1) is 17.5 Å². The number of hydrogen-bond acceptors (Lipinski definition) is 3. The van der Waals surface area contributed by atoms with E-state index < -0.39 is 0 Å². The molecular formula is C16H20Cl2N4O. The fraction of sp³-hybridized carbons (Fsp3) is 0.375. The summed E-state index contributed by atoms with van der Waals surface area (Å²) < 4.78 is 0. The van der Waals surface area contributed by atoms with E-state index >= 15 is 0 Å². The number of amides is 1. The van der Waals surface area contributed by atoms with Crippen molar-refractivity contribution in [2.24, 2.45) is 5.73 Å². The molecule has 0 bridgehead atoms. The lowest BCUT2D eigenvalue weighted by Crippen LogP contribution is -2.40. The second-order valence-corrected chi connectivity index (χ2v) is 6.19. The normalized spacial score (nSPS) is 20.6. The van der Waals surface area contributed by atoms with Gasteiger partial charge < -0.3 is 11.1 Å². The summed E-state index contributed by atoms with van der Waals surface area (Å²) in [5.74, 6) is -0.107. The molecule has 0 radical (unpaired) electrons. The minimum absolute atomic E-state index is 0. The zero-order valence-electron chi connectivity index (χ0n) is 12.6. The molecule has 1 aliphatic rings. The van der Waals surface area contributed by atoms with Gasteiger partial charge in [0.1, 0.15) is 0 Å². The minimum atomic E-state index is -0.107. The van der Waals surface area contributed by atoms with Crippen molar-refractivity contribution in [3.8, 4) is 11.3 Å². The van der Waals surface area contributed by atoms with E-state index in [1.807, 2.05) is 18.2 Å². The molecule has 3 rings (SSSR count). The second-order valence-electron chi connectivity index (χ2n) is 5.75. The number of carbonyl (C=O) groups excluding carboxylic acids is 1. The van der Waals surface area contributed by atoms with Crippen LogP contribution in [0.2, 0.25) is 5.02 Å². The lowest BCUT2D eigenvalue weighted by molar-refractivity contribution is 0.0926. The van der Waals surface area contributed by atoms with E-state index in [0.717, 1.165) is 31.2 Å². The molecule has 0 unspecified atom stereocenters. The van der Waals surface area contributed by atoms with Gasteiger partial charge in [-0.05, 0) is 37.8 Å². The van der Waals surface area contributed by atoms with Crippen molar-refractivity contribution < 1.29 is 4.79 Å². The van der Waals surface area contributed by atoms with Crippen LogP contribution >= 0.6 is 24.0 Å². The molecule has 7 heteroatoms. The highest BCUT2D eigenvalue weighted by Crippen LogP contribution is 2.24. The Bertz CT molecular complexity index is 666. The molecule has 5 nitrogen and oxygen atoms in total. The number of nitrogens with one attached hydrogen (secondary N) is 2. The fourth-order valence-electron chi connectivity index (χ4n) is 2.85. The van der Waals surface area contributed by atoms with Gasteiger partial charge in [0.25, 0.3) is 5.91 Å². The van der Waals surface area contributed by atoms with Gasteiger partial charge in [0.15, 0.2) is 0 Å². The Hall–Kier alpha value is -1.56. The fourth-order valence-corrected chi connectivity index (χ4v) is 3.04. The van der Waals surface area contributed by atoms with Crippen molar-refractivity contribution >= 4 is 29.9 Å². The van der Waals surface area contributed by atoms with Crippen LogP contribution in [-0.2, 0) is 0 Å². The number of hydrogen-bond donors (Lipinski definition) is 3. The van der Waals surface area contributed by atoms with Gasteiger partial charge in [0.2, 0.25) is 0 Å². The van der Waals surface area contributed by atoms with E-state index in [-0.39, 0.29) is 30.4 Å². The van der Waals surface area contributed by atoms with Gasteiger partial charge >= 0.3 is 0 Å². The summed E-state index contributed by atoms with van der Waals surface area (Å²) in [5, 5.41) is 10.6. The van der Waals surface area contributed by atoms with Crippen molar-refractivity contribution in [3.63, 3.8) is 0 Å². The highest BCUT2D eigenvalue weighted by molar-refractivity contribution is 6.30. The van der Waals surface area contributed by atoms with Gasteiger partial charge in [-0.25, -0.2) is 0 Å². The Morgan fingerprint density at radius 1 is 1.30 bits per heavy atom. The average molecular weight is 355 g/mol. The molecule has 0 aliphatic heterocycles. The van der Waals surface area contributed by atoms with Crippen LogP contribution in [0.4, 0.5) is 0 Å². The number of benzene rings is 1. The van der Waals surface area contributed by atoms with Crippen molar-refractivity contribution in [1.82, 2.24) is 15.5 Å². The molecule has 1 saturated carbocycles. The summed E-state index contributed by atoms with van der Waals surface area (Å²) in [6, 6.07) is 7.81. The van der Waals surface area contributed by atoms with Crippen molar-refractivity contribution in [2.75, 3.05) is 0 Å². The smallest absolute Gasteiger partial charge is 0.255 e. The lowest BCUT2D eigenvalue weighted by Gasteiger charge is -2.26. The Labute approximate surface area is 146 Å². The van der Waals surface area contributed by atoms with E-state index in [1.54, 1.807) is 12.3 Å². The first-order valence-electron chi connectivity index (χ1n) is 7.49. The zero-order valence-corrected chi connectivity index (χ0v) is 14.2. The largest absolute Gasteiger partial charge is 0.349 e. The molecule has 1 heterocycles. The number of H-pyrrole nitrogens is 1. The molecule has 4 N–H and O–H groups in total. The summed E-state index contributed by atoms with van der Waals surface area (Å²) in [7, 11) is 0. The molecule has 2 aromatic rings. The monoisotopic (exact) mass is 354 g/mol. The predicted octanol–water partition coefficient (Wildman–Crippen LogP) is 3.15. The molecular weight excluding hydrogens is 335 g/mol. The average Bonchev–Trinajstić information content (AvgIpc) is 2.99. The SMILES string of the molecule is Cl.NC1CCC(NC(=O)c2cn[nH]c2-c2cccc(Cl)c2)CC1. The topological polar surface area (TPSA) is 83.8 Å². The number of halogens is 2. The van der Waals surface area contributed by atoms with Crippen LogP contribution in [0, 0.1) is 0 Å². The van der Waals surface area contributed by atoms with Crippen LogP contribution in [0.15, 0.2) is 30.5 Å². The van der Waals surface area contributed by atoms with Crippen molar-refractivity contribution in [2.45, 2.75) is 37.8 Å². The molecule has 1 aromatic carbocycles. The van der Waals surface area contributed by atoms with Crippen molar-refractivity contribution in [1.29, 1.82) is 0 Å². The van der Waals surface area contributed by atoms with Gasteiger partial charge in [-0.15, -0.1) is 12.4 Å². The number of nitrogens with two attached hydrogens (primary N) is 1. The predicted molar refractivity (Wildman–Crippen MR) is 94.0 cm³/mol. The molecule has 124 valence electrons. The Balaban J connectivity index is 0.00000192. The van der Waals surface area contributed by atoms with Gasteiger partial charge in [-0.1, -0.05) is 23.7 Å². The third kappa shape index (κ3) is 4.25. The van der Waals surface area contributed by atoms with E-state index in [9.17, 15) is 4.79 Å². The maximum atomic E-state index is 12.5. The van der Waals surface area contributed by atoms with Crippen LogP contribution in [0.3, 0.4) is 0 Å². The number of rotatable bonds is 3. The third-order valence-electron chi connectivity index (χ3n) is 4.10. The Morgan fingerprint density at radius 2 is 2.04 bits per heavy atom. The Morgan fingerprint density at radius 3 is 2.74 bits per heavy atom. The first-order valence-corrected chi connectivity index (χ1v) is 7.87. The van der Waals surface area contributed by atoms with Crippen LogP contribution < -0.4 is 11.1 Å². The first kappa shape index (κ1) is 17.8. The first-order chi connectivity index (χ1) is 10.6. The van der Waals surface area contributed by atoms with E-state index in [1.165, 1.54) is 0 Å². The molecule has 1 fully saturated rings. The molecule has 1 aliphatic carbocycles. The zero-order chi connectivity index (χ0) is 15.5. The number of carbonyl (C=O) groups is 1. The summed E-state index contributed by atoms with van der Waals surface area (Å²) in [5.41, 5.74) is 7.97. The van der Waals surface area contributed by atoms with Gasteiger partial charge in [0, 0.05) is 22.7 Å². The number of aromatic nitrogens is 2. The summed E-state index contributed by atoms with van der Waals surface area (Å²) in [6.45, 7) is 0. The van der Waals surface area contributed by atoms with Crippen LogP contribution in [0.25, 0.3) is 11.3 Å². The van der Waals surface area contributed by atoms with Crippen LogP contribution in [0.1, 0.15) is 36.0 Å². The van der Waals surface area contributed by atoms with Gasteiger partial charge in [-0.2, -0.15) is 5.10 Å². The van der Waals surface area contributed by atoms with E-state index in [2.05, 4.69) is 15.5 Å². The lowest BCUT2D eigenvalue weighted by atomic mass is 9.91.